The van der Waals surface area contributed by atoms with Crippen molar-refractivity contribution in [2.75, 3.05) is 24.6 Å². The average molecular weight is 441 g/mol. The summed E-state index contributed by atoms with van der Waals surface area (Å²) in [6, 6.07) is 5.17. The molecule has 0 aliphatic carbocycles. The molecule has 0 saturated carbocycles. The van der Waals surface area contributed by atoms with Gasteiger partial charge in [0.1, 0.15) is 5.82 Å². The third-order valence-electron chi connectivity index (χ3n) is 4.90. The van der Waals surface area contributed by atoms with Gasteiger partial charge < -0.3 is 4.90 Å². The number of imide groups is 1. The van der Waals surface area contributed by atoms with Gasteiger partial charge in [-0.05, 0) is 48.9 Å². The highest BCUT2D eigenvalue weighted by atomic mass is 32.2. The predicted molar refractivity (Wildman–Crippen MR) is 108 cm³/mol. The fourth-order valence-electron chi connectivity index (χ4n) is 3.41. The molecule has 0 aromatic heterocycles. The highest BCUT2D eigenvalue weighted by Crippen LogP contribution is 2.32. The molecule has 0 bridgehead atoms. The first-order valence-electron chi connectivity index (χ1n) is 9.21. The van der Waals surface area contributed by atoms with Gasteiger partial charge in [0.15, 0.2) is 9.84 Å². The van der Waals surface area contributed by atoms with Crippen LogP contribution in [0.1, 0.15) is 25.3 Å². The van der Waals surface area contributed by atoms with Crippen LogP contribution in [0, 0.1) is 5.82 Å². The summed E-state index contributed by atoms with van der Waals surface area (Å²) in [6.45, 7) is 2.07. The monoisotopic (exact) mass is 440 g/mol. The number of thioether (sulfide) groups is 1. The smallest absolute Gasteiger partial charge is 0.293 e. The molecule has 1 aromatic rings. The minimum Gasteiger partial charge on any atom is -0.339 e. The average Bonchev–Trinajstić information content (AvgIpc) is 3.15. The third-order valence-corrected chi connectivity index (χ3v) is 7.56. The number of carbonyl (C=O) groups excluding carboxylic acids is 3. The van der Waals surface area contributed by atoms with Gasteiger partial charge in [-0.3, -0.25) is 19.3 Å². The number of carbonyl (C=O) groups is 3. The quantitative estimate of drug-likeness (QED) is 0.631. The molecule has 0 N–H and O–H groups in total. The van der Waals surface area contributed by atoms with Gasteiger partial charge in [0.25, 0.3) is 11.1 Å². The number of sulfone groups is 1. The molecule has 2 fully saturated rings. The molecule has 7 nitrogen and oxygen atoms in total. The molecule has 1 atom stereocenters. The van der Waals surface area contributed by atoms with E-state index >= 15 is 0 Å². The van der Waals surface area contributed by atoms with E-state index in [2.05, 4.69) is 0 Å². The zero-order valence-electron chi connectivity index (χ0n) is 15.8. The lowest BCUT2D eigenvalue weighted by atomic mass is 10.2. The SMILES string of the molecule is CCN(C(=O)CCN1C(=O)SC(=Cc2ccc(F)cc2)C1=O)C1CCS(=O)(=O)C1. The van der Waals surface area contributed by atoms with E-state index in [1.165, 1.54) is 35.2 Å². The second-order valence-electron chi connectivity index (χ2n) is 6.87. The summed E-state index contributed by atoms with van der Waals surface area (Å²) in [4.78, 5) is 40.0. The van der Waals surface area contributed by atoms with Crippen LogP contribution in [-0.4, -0.2) is 65.9 Å². The molecular weight excluding hydrogens is 419 g/mol. The van der Waals surface area contributed by atoms with Crippen molar-refractivity contribution in [2.45, 2.75) is 25.8 Å². The van der Waals surface area contributed by atoms with Crippen molar-refractivity contribution < 1.29 is 27.2 Å². The summed E-state index contributed by atoms with van der Waals surface area (Å²) in [7, 11) is -3.12. The Kier molecular flexibility index (Phi) is 6.42. The van der Waals surface area contributed by atoms with E-state index in [0.717, 1.165) is 16.7 Å². The third kappa shape index (κ3) is 5.05. The standard InChI is InChI=1S/C19H21FN2O5S2/c1-2-21(15-8-10-29(26,27)12-15)17(23)7-9-22-18(24)16(28-19(22)25)11-13-3-5-14(20)6-4-13/h3-6,11,15H,2,7-10,12H2,1H3. The second kappa shape index (κ2) is 8.66. The maximum Gasteiger partial charge on any atom is 0.293 e. The number of nitrogens with zero attached hydrogens (tertiary/aromatic N) is 2. The molecule has 3 amide bonds. The van der Waals surface area contributed by atoms with Crippen molar-refractivity contribution in [1.29, 1.82) is 0 Å². The van der Waals surface area contributed by atoms with Crippen LogP contribution in [0.5, 0.6) is 0 Å². The number of benzene rings is 1. The largest absolute Gasteiger partial charge is 0.339 e. The normalized spacial score (nSPS) is 22.5. The first kappa shape index (κ1) is 21.5. The van der Waals surface area contributed by atoms with Gasteiger partial charge in [0, 0.05) is 25.6 Å². The number of rotatable bonds is 6. The summed E-state index contributed by atoms with van der Waals surface area (Å²) >= 11 is 0.772. The van der Waals surface area contributed by atoms with Crippen molar-refractivity contribution >= 4 is 44.7 Å². The maximum absolute atomic E-state index is 13.0. The van der Waals surface area contributed by atoms with E-state index in [9.17, 15) is 27.2 Å². The molecule has 2 heterocycles. The van der Waals surface area contributed by atoms with Crippen LogP contribution in [0.25, 0.3) is 6.08 Å². The number of hydrogen-bond donors (Lipinski definition) is 0. The van der Waals surface area contributed by atoms with Gasteiger partial charge in [0.2, 0.25) is 5.91 Å². The molecule has 1 unspecified atom stereocenters. The molecule has 2 saturated heterocycles. The Hall–Kier alpha value is -2.20. The Labute approximate surface area is 172 Å². The molecule has 2 aliphatic rings. The van der Waals surface area contributed by atoms with Gasteiger partial charge >= 0.3 is 0 Å². The lowest BCUT2D eigenvalue weighted by Gasteiger charge is -2.27. The predicted octanol–water partition coefficient (Wildman–Crippen LogP) is 2.29. The number of amides is 3. The van der Waals surface area contributed by atoms with Crippen LogP contribution in [0.4, 0.5) is 9.18 Å². The number of hydrogen-bond acceptors (Lipinski definition) is 6. The summed E-state index contributed by atoms with van der Waals surface area (Å²) in [6.07, 6.45) is 1.85. The fraction of sp³-hybridized carbons (Fsp3) is 0.421. The topological polar surface area (TPSA) is 91.8 Å². The summed E-state index contributed by atoms with van der Waals surface area (Å²) in [5, 5.41) is -0.470. The van der Waals surface area contributed by atoms with Crippen LogP contribution in [0.15, 0.2) is 29.2 Å². The maximum atomic E-state index is 13.0. The first-order valence-corrected chi connectivity index (χ1v) is 11.8. The van der Waals surface area contributed by atoms with E-state index in [-0.39, 0.29) is 41.3 Å². The molecule has 1 aromatic carbocycles. The van der Waals surface area contributed by atoms with Gasteiger partial charge in [-0.25, -0.2) is 12.8 Å². The Morgan fingerprint density at radius 3 is 2.59 bits per heavy atom. The van der Waals surface area contributed by atoms with Crippen molar-refractivity contribution in [2.24, 2.45) is 0 Å². The second-order valence-corrected chi connectivity index (χ2v) is 10.1. The molecule has 0 radical (unpaired) electrons. The van der Waals surface area contributed by atoms with Crippen molar-refractivity contribution in [3.8, 4) is 0 Å². The van der Waals surface area contributed by atoms with Gasteiger partial charge in [0.05, 0.1) is 16.4 Å². The van der Waals surface area contributed by atoms with Crippen LogP contribution >= 0.6 is 11.8 Å². The zero-order chi connectivity index (χ0) is 21.2. The Morgan fingerprint density at radius 1 is 1.31 bits per heavy atom. The van der Waals surface area contributed by atoms with Gasteiger partial charge in [-0.2, -0.15) is 0 Å². The van der Waals surface area contributed by atoms with Crippen molar-refractivity contribution in [1.82, 2.24) is 9.80 Å². The van der Waals surface area contributed by atoms with E-state index < -0.39 is 26.8 Å². The van der Waals surface area contributed by atoms with Crippen LogP contribution in [-0.2, 0) is 19.4 Å². The summed E-state index contributed by atoms with van der Waals surface area (Å²) in [5.74, 6) is -1.16. The lowest BCUT2D eigenvalue weighted by Crippen LogP contribution is -2.42. The van der Waals surface area contributed by atoms with Crippen LogP contribution in [0.2, 0.25) is 0 Å². The van der Waals surface area contributed by atoms with Crippen LogP contribution < -0.4 is 0 Å². The molecule has 2 aliphatic heterocycles. The molecule has 10 heteroatoms. The first-order chi connectivity index (χ1) is 13.7. The molecule has 29 heavy (non-hydrogen) atoms. The molecule has 3 rings (SSSR count). The molecule has 156 valence electrons. The minimum absolute atomic E-state index is 0.0471. The highest BCUT2D eigenvalue weighted by Gasteiger charge is 2.37. The van der Waals surface area contributed by atoms with Crippen molar-refractivity contribution in [3.63, 3.8) is 0 Å². The Balaban J connectivity index is 1.62. The van der Waals surface area contributed by atoms with Gasteiger partial charge in [-0.15, -0.1) is 0 Å². The van der Waals surface area contributed by atoms with Crippen molar-refractivity contribution in [3.05, 3.63) is 40.6 Å². The fourth-order valence-corrected chi connectivity index (χ4v) is 6.01. The lowest BCUT2D eigenvalue weighted by molar-refractivity contribution is -0.133. The van der Waals surface area contributed by atoms with E-state index in [1.807, 2.05) is 0 Å². The van der Waals surface area contributed by atoms with E-state index in [1.54, 1.807) is 6.92 Å². The molecular formula is C19H21FN2O5S2. The molecule has 0 spiro atoms. The minimum atomic E-state index is -3.12. The van der Waals surface area contributed by atoms with Gasteiger partial charge in [-0.1, -0.05) is 12.1 Å². The Bertz CT molecular complexity index is 959. The number of halogens is 1. The van der Waals surface area contributed by atoms with Crippen LogP contribution in [0.3, 0.4) is 0 Å². The van der Waals surface area contributed by atoms with E-state index in [4.69, 9.17) is 0 Å². The highest BCUT2D eigenvalue weighted by molar-refractivity contribution is 8.18. The Morgan fingerprint density at radius 2 is 2.00 bits per heavy atom. The summed E-state index contributed by atoms with van der Waals surface area (Å²) < 4.78 is 36.4. The summed E-state index contributed by atoms with van der Waals surface area (Å²) in [5.41, 5.74) is 0.590. The zero-order valence-corrected chi connectivity index (χ0v) is 17.5. The van der Waals surface area contributed by atoms with E-state index in [0.29, 0.717) is 18.5 Å².